The zero-order chi connectivity index (χ0) is 31.1. The summed E-state index contributed by atoms with van der Waals surface area (Å²) in [6, 6.07) is 20.7. The molecule has 11 heteroatoms. The summed E-state index contributed by atoms with van der Waals surface area (Å²) in [5.41, 5.74) is 8.28. The van der Waals surface area contributed by atoms with Crippen LogP contribution < -0.4 is 21.7 Å². The molecule has 230 valence electrons. The highest BCUT2D eigenvalue weighted by Crippen LogP contribution is 2.17. The van der Waals surface area contributed by atoms with Crippen molar-refractivity contribution in [1.29, 1.82) is 0 Å². The molecule has 1 atom stereocenters. The summed E-state index contributed by atoms with van der Waals surface area (Å²) >= 11 is 0. The number of rotatable bonds is 14. The van der Waals surface area contributed by atoms with E-state index in [9.17, 15) is 14.7 Å². The van der Waals surface area contributed by atoms with E-state index in [4.69, 9.17) is 5.73 Å². The quantitative estimate of drug-likeness (QED) is 0.106. The van der Waals surface area contributed by atoms with Gasteiger partial charge in [-0.1, -0.05) is 54.6 Å². The minimum atomic E-state index is -1.04. The Bertz CT molecular complexity index is 1590. The first-order valence-corrected chi connectivity index (χ1v) is 14.6. The molecule has 0 saturated carbocycles. The maximum atomic E-state index is 12.5. The van der Waals surface area contributed by atoms with Crippen molar-refractivity contribution >= 4 is 22.6 Å². The molecule has 0 unspecified atom stereocenters. The minimum absolute atomic E-state index is 0.337. The molecule has 0 aliphatic heterocycles. The number of carboxylic acid groups (broad SMARTS) is 1. The number of aromatic nitrogens is 4. The van der Waals surface area contributed by atoms with Crippen molar-refractivity contribution in [2.24, 2.45) is 12.8 Å². The summed E-state index contributed by atoms with van der Waals surface area (Å²) in [5, 5.41) is 21.1. The summed E-state index contributed by atoms with van der Waals surface area (Å²) in [5.74, 6) is 0.329. The number of nitrogens with one attached hydrogen (secondary N) is 4. The molecule has 5 aromatic rings. The second-order valence-corrected chi connectivity index (χ2v) is 10.3. The third-order valence-electron chi connectivity index (χ3n) is 7.15. The third-order valence-corrected chi connectivity index (χ3v) is 7.15. The van der Waals surface area contributed by atoms with E-state index >= 15 is 0 Å². The molecule has 1 amide bonds. The summed E-state index contributed by atoms with van der Waals surface area (Å²) < 4.78 is 1.92. The van der Waals surface area contributed by atoms with Crippen molar-refractivity contribution in [3.63, 3.8) is 0 Å². The van der Waals surface area contributed by atoms with Gasteiger partial charge in [-0.15, -0.1) is 0 Å². The van der Waals surface area contributed by atoms with Crippen molar-refractivity contribution in [2.75, 3.05) is 6.54 Å². The van der Waals surface area contributed by atoms with Crippen LogP contribution in [0.1, 0.15) is 46.0 Å². The minimum Gasteiger partial charge on any atom is -0.480 e. The average molecular weight is 597 g/mol. The summed E-state index contributed by atoms with van der Waals surface area (Å²) in [6.07, 6.45) is 8.03. The molecule has 0 spiro atoms. The highest BCUT2D eigenvalue weighted by atomic mass is 16.4. The van der Waals surface area contributed by atoms with Crippen molar-refractivity contribution in [1.82, 2.24) is 35.5 Å². The van der Waals surface area contributed by atoms with Gasteiger partial charge in [0.05, 0.1) is 13.1 Å². The highest BCUT2D eigenvalue weighted by Gasteiger charge is 2.20. The molecule has 0 aliphatic carbocycles. The van der Waals surface area contributed by atoms with Crippen LogP contribution in [0.25, 0.3) is 10.8 Å². The Hall–Kier alpha value is -4.84. The number of hydrogen-bond acceptors (Lipinski definition) is 7. The maximum absolute atomic E-state index is 12.5. The summed E-state index contributed by atoms with van der Waals surface area (Å²) in [4.78, 5) is 35.5. The number of benzene rings is 3. The number of carbonyl (C=O) groups is 2. The van der Waals surface area contributed by atoms with Gasteiger partial charge in [-0.05, 0) is 53.4 Å². The Labute approximate surface area is 256 Å². The lowest BCUT2D eigenvalue weighted by molar-refractivity contribution is -0.139. The number of aromatic amines is 1. The molecule has 0 aliphatic rings. The molecule has 44 heavy (non-hydrogen) atoms. The lowest BCUT2D eigenvalue weighted by Gasteiger charge is -2.15. The third kappa shape index (κ3) is 9.60. The smallest absolute Gasteiger partial charge is 0.326 e. The lowest BCUT2D eigenvalue weighted by Crippen LogP contribution is -2.41. The van der Waals surface area contributed by atoms with Gasteiger partial charge in [0.25, 0.3) is 5.91 Å². The predicted octanol–water partition coefficient (Wildman–Crippen LogP) is 3.48. The maximum Gasteiger partial charge on any atom is 0.326 e. The Kier molecular flexibility index (Phi) is 12.2. The number of nitrogens with two attached hydrogens (primary N) is 1. The second-order valence-electron chi connectivity index (χ2n) is 10.3. The van der Waals surface area contributed by atoms with Gasteiger partial charge in [-0.3, -0.25) is 4.79 Å². The second kappa shape index (κ2) is 16.7. The highest BCUT2D eigenvalue weighted by molar-refractivity contribution is 5.96. The number of carbonyl (C=O) groups excluding carboxylic acids is 1. The van der Waals surface area contributed by atoms with Gasteiger partial charge in [-0.25, -0.2) is 14.8 Å². The average Bonchev–Trinajstić information content (AvgIpc) is 3.72. The molecule has 0 bridgehead atoms. The summed E-state index contributed by atoms with van der Waals surface area (Å²) in [6.45, 7) is 3.10. The van der Waals surface area contributed by atoms with Crippen LogP contribution >= 0.6 is 0 Å². The largest absolute Gasteiger partial charge is 0.480 e. The van der Waals surface area contributed by atoms with E-state index in [-0.39, 0.29) is 0 Å². The van der Waals surface area contributed by atoms with Gasteiger partial charge < -0.3 is 36.3 Å². The number of hydrogen-bond donors (Lipinski definition) is 6. The zero-order valence-corrected chi connectivity index (χ0v) is 24.9. The van der Waals surface area contributed by atoms with Crippen LogP contribution in [0.4, 0.5) is 0 Å². The summed E-state index contributed by atoms with van der Waals surface area (Å²) in [7, 11) is 1.92. The van der Waals surface area contributed by atoms with Crippen LogP contribution in [0.5, 0.6) is 0 Å². The number of amides is 1. The van der Waals surface area contributed by atoms with Crippen LogP contribution in [0.2, 0.25) is 0 Å². The number of aryl methyl sites for hydroxylation is 1. The zero-order valence-electron chi connectivity index (χ0n) is 24.9. The molecular weight excluding hydrogens is 556 g/mol. The van der Waals surface area contributed by atoms with E-state index in [0.29, 0.717) is 51.1 Å². The Balaban J connectivity index is 0.000000305. The van der Waals surface area contributed by atoms with E-state index in [0.717, 1.165) is 17.2 Å². The van der Waals surface area contributed by atoms with Crippen molar-refractivity contribution in [3.8, 4) is 0 Å². The number of H-pyrrole nitrogens is 1. The van der Waals surface area contributed by atoms with E-state index in [1.165, 1.54) is 16.3 Å². The van der Waals surface area contributed by atoms with Crippen LogP contribution in [-0.4, -0.2) is 49.1 Å². The molecule has 3 aromatic carbocycles. The van der Waals surface area contributed by atoms with E-state index in [1.54, 1.807) is 30.7 Å². The van der Waals surface area contributed by atoms with Gasteiger partial charge in [0, 0.05) is 50.5 Å². The molecular formula is C33H40N8O3. The topological polar surface area (TPSA) is 163 Å². The van der Waals surface area contributed by atoms with Gasteiger partial charge in [0.15, 0.2) is 0 Å². The molecule has 5 rings (SSSR count). The van der Waals surface area contributed by atoms with E-state index in [1.807, 2.05) is 48.1 Å². The normalized spacial score (nSPS) is 11.5. The van der Waals surface area contributed by atoms with Crippen LogP contribution in [0.3, 0.4) is 0 Å². The number of fused-ring (bicyclic) bond motifs is 1. The van der Waals surface area contributed by atoms with Crippen molar-refractivity contribution in [3.05, 3.63) is 120 Å². The lowest BCUT2D eigenvalue weighted by atomic mass is 10.1. The number of aliphatic carboxylic acids is 1. The number of imidazole rings is 2. The molecule has 7 N–H and O–H groups in total. The SMILES string of the molecule is Cn1ccnc1CNCCC[C@H](NC(=O)c1ccc(CNCc2ncc[nH]2)cc1)C(=O)O.NCc1cccc2ccccc12. The molecule has 2 aromatic heterocycles. The Morgan fingerprint density at radius 2 is 1.75 bits per heavy atom. The molecule has 0 radical (unpaired) electrons. The van der Waals surface area contributed by atoms with Crippen molar-refractivity contribution < 1.29 is 14.7 Å². The fraction of sp³-hybridized carbons (Fsp3) is 0.273. The van der Waals surface area contributed by atoms with Crippen LogP contribution in [-0.2, 0) is 38.0 Å². The first kappa shape index (κ1) is 32.1. The van der Waals surface area contributed by atoms with Crippen LogP contribution in [0, 0.1) is 0 Å². The number of carboxylic acids is 1. The first-order valence-electron chi connectivity index (χ1n) is 14.6. The molecule has 2 heterocycles. The van der Waals surface area contributed by atoms with Crippen LogP contribution in [0.15, 0.2) is 91.5 Å². The van der Waals surface area contributed by atoms with Gasteiger partial charge in [-0.2, -0.15) is 0 Å². The molecule has 0 fully saturated rings. The Morgan fingerprint density at radius 3 is 2.45 bits per heavy atom. The van der Waals surface area contributed by atoms with E-state index in [2.05, 4.69) is 55.2 Å². The predicted molar refractivity (Wildman–Crippen MR) is 170 cm³/mol. The Morgan fingerprint density at radius 1 is 0.955 bits per heavy atom. The van der Waals surface area contributed by atoms with E-state index < -0.39 is 17.9 Å². The van der Waals surface area contributed by atoms with Gasteiger partial charge in [0.2, 0.25) is 0 Å². The fourth-order valence-electron chi connectivity index (χ4n) is 4.66. The van der Waals surface area contributed by atoms with Gasteiger partial charge >= 0.3 is 5.97 Å². The van der Waals surface area contributed by atoms with Gasteiger partial charge in [0.1, 0.15) is 17.7 Å². The van der Waals surface area contributed by atoms with Crippen molar-refractivity contribution in [2.45, 2.75) is 45.1 Å². The monoisotopic (exact) mass is 596 g/mol. The molecule has 11 nitrogen and oxygen atoms in total. The standard InChI is InChI=1S/C22H29N7O3.C11H11N/c1-29-12-11-27-20(29)15-23-8-2-3-18(22(31)32)28-21(30)17-6-4-16(5-7-17)13-24-14-19-25-9-10-26-19;12-8-10-6-3-5-9-4-1-2-7-11(9)10/h4-7,9-12,18,23-24H,2-3,8,13-15H2,1H3,(H,25,26)(H,28,30)(H,31,32);1-7H,8,12H2/t18-;/m0./s1. The molecule has 0 saturated heterocycles. The first-order chi connectivity index (χ1) is 21.4. The number of nitrogens with zero attached hydrogens (tertiary/aromatic N) is 3. The fourth-order valence-corrected chi connectivity index (χ4v) is 4.66.